The Morgan fingerprint density at radius 1 is 0.977 bits per heavy atom. The molecule has 6 rings (SSSR count). The van der Waals surface area contributed by atoms with Crippen molar-refractivity contribution < 1.29 is 23.9 Å². The molecule has 3 fully saturated rings. The number of amides is 4. The molecular weight excluding hydrogens is 616 g/mol. The summed E-state index contributed by atoms with van der Waals surface area (Å²) in [6.07, 6.45) is 3.10. The molecule has 2 aromatic rings. The van der Waals surface area contributed by atoms with Crippen LogP contribution in [0.4, 0.5) is 5.69 Å². The van der Waals surface area contributed by atoms with Crippen LogP contribution in [0, 0.1) is 11.8 Å². The Morgan fingerprint density at radius 2 is 1.74 bits per heavy atom. The molecule has 3 saturated heterocycles. The summed E-state index contributed by atoms with van der Waals surface area (Å²) in [6.45, 7) is 7.93. The van der Waals surface area contributed by atoms with Crippen LogP contribution in [0.25, 0.3) is 0 Å². The van der Waals surface area contributed by atoms with Crippen LogP contribution in [0.15, 0.2) is 41.0 Å². The zero-order chi connectivity index (χ0) is 29.9. The summed E-state index contributed by atoms with van der Waals surface area (Å²) < 4.78 is 7.03. The minimum Gasteiger partial charge on any atom is -0.374 e. The van der Waals surface area contributed by atoms with E-state index in [0.29, 0.717) is 30.8 Å². The van der Waals surface area contributed by atoms with E-state index in [0.717, 1.165) is 66.4 Å². The maximum atomic E-state index is 13.1. The van der Waals surface area contributed by atoms with Crippen LogP contribution in [0.5, 0.6) is 0 Å². The number of fused-ring (bicyclic) bond motifs is 1. The van der Waals surface area contributed by atoms with Gasteiger partial charge in [0.2, 0.25) is 11.8 Å². The molecule has 1 atom stereocenters. The fourth-order valence-corrected chi connectivity index (χ4v) is 6.05. The maximum absolute atomic E-state index is 13.1. The molecule has 43 heavy (non-hydrogen) atoms. The molecule has 4 aliphatic heterocycles. The van der Waals surface area contributed by atoms with Crippen molar-refractivity contribution in [2.75, 3.05) is 63.9 Å². The first-order valence-electron chi connectivity index (χ1n) is 14.6. The normalized spacial score (nSPS) is 21.4. The average molecular weight is 650 g/mol. The van der Waals surface area contributed by atoms with Crippen molar-refractivity contribution in [1.29, 1.82) is 0 Å². The van der Waals surface area contributed by atoms with Gasteiger partial charge in [-0.25, -0.2) is 4.98 Å². The lowest BCUT2D eigenvalue weighted by Gasteiger charge is -2.41. The molecule has 5 heterocycles. The highest BCUT2D eigenvalue weighted by Gasteiger charge is 2.45. The number of aromatic nitrogens is 1. The predicted molar refractivity (Wildman–Crippen MR) is 161 cm³/mol. The van der Waals surface area contributed by atoms with Crippen LogP contribution in [0.3, 0.4) is 0 Å². The second kappa shape index (κ2) is 12.9. The largest absolute Gasteiger partial charge is 0.374 e. The fraction of sp³-hybridized carbons (Fsp3) is 0.452. The molecule has 4 amide bonds. The number of piperazine rings is 1. The summed E-state index contributed by atoms with van der Waals surface area (Å²) in [5.74, 6) is 4.39. The molecule has 224 valence electrons. The molecule has 11 nitrogen and oxygen atoms in total. The van der Waals surface area contributed by atoms with E-state index in [1.807, 2.05) is 18.2 Å². The quantitative estimate of drug-likeness (QED) is 0.258. The molecule has 0 radical (unpaired) electrons. The van der Waals surface area contributed by atoms with E-state index in [1.165, 1.54) is 0 Å². The minimum atomic E-state index is -0.959. The van der Waals surface area contributed by atoms with Gasteiger partial charge < -0.3 is 14.5 Å². The summed E-state index contributed by atoms with van der Waals surface area (Å²) in [5, 5.41) is 2.22. The van der Waals surface area contributed by atoms with Gasteiger partial charge in [-0.1, -0.05) is 5.92 Å². The second-order valence-electron chi connectivity index (χ2n) is 11.2. The smallest absolute Gasteiger partial charge is 0.262 e. The lowest BCUT2D eigenvalue weighted by atomic mass is 10.0. The summed E-state index contributed by atoms with van der Waals surface area (Å²) in [4.78, 5) is 62.0. The van der Waals surface area contributed by atoms with Crippen LogP contribution in [-0.4, -0.2) is 114 Å². The Bertz CT molecular complexity index is 1470. The van der Waals surface area contributed by atoms with Crippen LogP contribution >= 0.6 is 15.9 Å². The number of hydrogen-bond donors (Lipinski definition) is 1. The van der Waals surface area contributed by atoms with Crippen LogP contribution < -0.4 is 10.2 Å². The Morgan fingerprint density at radius 3 is 2.49 bits per heavy atom. The van der Waals surface area contributed by atoms with Gasteiger partial charge in [0.1, 0.15) is 11.7 Å². The van der Waals surface area contributed by atoms with Crippen molar-refractivity contribution in [3.05, 3.63) is 57.8 Å². The maximum Gasteiger partial charge on any atom is 0.262 e. The fourth-order valence-electron chi connectivity index (χ4n) is 5.81. The Hall–Kier alpha value is -3.63. The van der Waals surface area contributed by atoms with Gasteiger partial charge in [-0.2, -0.15) is 0 Å². The van der Waals surface area contributed by atoms with E-state index in [1.54, 1.807) is 18.3 Å². The van der Waals surface area contributed by atoms with Crippen molar-refractivity contribution in [3.63, 3.8) is 0 Å². The number of carbonyl (C=O) groups is 4. The van der Waals surface area contributed by atoms with Crippen molar-refractivity contribution >= 4 is 45.2 Å². The Kier molecular flexibility index (Phi) is 8.85. The summed E-state index contributed by atoms with van der Waals surface area (Å²) in [7, 11) is 0. The van der Waals surface area contributed by atoms with Gasteiger partial charge in [-0.3, -0.25) is 34.3 Å². The molecule has 0 aliphatic carbocycles. The number of imide groups is 2. The molecule has 0 bridgehead atoms. The topological polar surface area (TPSA) is 115 Å². The number of anilines is 1. The molecule has 1 aromatic carbocycles. The highest BCUT2D eigenvalue weighted by Crippen LogP contribution is 2.32. The average Bonchev–Trinajstić information content (AvgIpc) is 3.22. The summed E-state index contributed by atoms with van der Waals surface area (Å²) >= 11 is 3.39. The molecule has 1 aromatic heterocycles. The number of rotatable bonds is 8. The zero-order valence-corrected chi connectivity index (χ0v) is 25.3. The molecule has 4 aliphatic rings. The van der Waals surface area contributed by atoms with E-state index in [2.05, 4.69) is 52.8 Å². The van der Waals surface area contributed by atoms with Crippen molar-refractivity contribution in [2.45, 2.75) is 31.4 Å². The van der Waals surface area contributed by atoms with E-state index >= 15 is 0 Å². The van der Waals surface area contributed by atoms with Gasteiger partial charge in [0, 0.05) is 75.2 Å². The SMILES string of the molecule is O=C1CCC(N2C(=O)c3ccc(N4CC(OCCCN5CCN(CC#Cc6ccc(Br)cn6)CC5)C4)cc3C2=O)C(=O)N1. The third-order valence-corrected chi connectivity index (χ3v) is 8.79. The molecule has 0 spiro atoms. The molecule has 0 saturated carbocycles. The number of nitrogens with one attached hydrogen (secondary N) is 1. The first kappa shape index (κ1) is 29.4. The van der Waals surface area contributed by atoms with E-state index in [-0.39, 0.29) is 24.9 Å². The van der Waals surface area contributed by atoms with Gasteiger partial charge in [0.05, 0.1) is 23.8 Å². The number of ether oxygens (including phenoxy) is 1. The molecule has 12 heteroatoms. The third-order valence-electron chi connectivity index (χ3n) is 8.32. The number of hydrogen-bond acceptors (Lipinski definition) is 9. The van der Waals surface area contributed by atoms with Crippen molar-refractivity contribution in [3.8, 4) is 11.8 Å². The lowest BCUT2D eigenvalue weighted by molar-refractivity contribution is -0.136. The summed E-state index contributed by atoms with van der Waals surface area (Å²) in [6, 6.07) is 8.11. The first-order chi connectivity index (χ1) is 20.9. The van der Waals surface area contributed by atoms with Crippen molar-refractivity contribution in [2.24, 2.45) is 0 Å². The lowest BCUT2D eigenvalue weighted by Crippen LogP contribution is -2.54. The van der Waals surface area contributed by atoms with Crippen LogP contribution in [-0.2, 0) is 14.3 Å². The standard InChI is InChI=1S/C31H33BrN6O5/c32-21-4-5-22(33-18-21)3-1-10-35-12-14-36(15-13-35)11-2-16-43-24-19-37(20-24)23-6-7-25-26(17-23)31(42)38(30(25)41)27-8-9-28(39)34-29(27)40/h4-7,17-18,24,27H,2,8-16,19-20H2,(H,34,39,40). The predicted octanol–water partition coefficient (Wildman–Crippen LogP) is 1.51. The van der Waals surface area contributed by atoms with E-state index in [4.69, 9.17) is 4.74 Å². The van der Waals surface area contributed by atoms with E-state index in [9.17, 15) is 19.2 Å². The van der Waals surface area contributed by atoms with Gasteiger partial charge in [0.25, 0.3) is 11.8 Å². The van der Waals surface area contributed by atoms with Crippen LogP contribution in [0.2, 0.25) is 0 Å². The third kappa shape index (κ3) is 6.65. The second-order valence-corrected chi connectivity index (χ2v) is 12.1. The van der Waals surface area contributed by atoms with Crippen LogP contribution in [0.1, 0.15) is 45.7 Å². The van der Waals surface area contributed by atoms with Crippen molar-refractivity contribution in [1.82, 2.24) is 25.0 Å². The van der Waals surface area contributed by atoms with Gasteiger partial charge in [-0.15, -0.1) is 0 Å². The minimum absolute atomic E-state index is 0.100. The Balaban J connectivity index is 0.889. The Labute approximate surface area is 258 Å². The first-order valence-corrected chi connectivity index (χ1v) is 15.4. The molecular formula is C31H33BrN6O5. The van der Waals surface area contributed by atoms with Gasteiger partial charge in [-0.05, 0) is 65.0 Å². The number of piperidine rings is 1. The van der Waals surface area contributed by atoms with Gasteiger partial charge >= 0.3 is 0 Å². The molecule has 1 unspecified atom stereocenters. The number of halogens is 1. The number of nitrogens with zero attached hydrogens (tertiary/aromatic N) is 5. The highest BCUT2D eigenvalue weighted by atomic mass is 79.9. The number of pyridine rings is 1. The number of carbonyl (C=O) groups excluding carboxylic acids is 4. The molecule has 1 N–H and O–H groups in total. The highest BCUT2D eigenvalue weighted by molar-refractivity contribution is 9.10. The summed E-state index contributed by atoms with van der Waals surface area (Å²) in [5.41, 5.74) is 2.22. The monoisotopic (exact) mass is 648 g/mol. The van der Waals surface area contributed by atoms with Gasteiger partial charge in [0.15, 0.2) is 0 Å². The number of benzene rings is 1. The van der Waals surface area contributed by atoms with E-state index < -0.39 is 23.8 Å². The zero-order valence-electron chi connectivity index (χ0n) is 23.8.